The maximum absolute atomic E-state index is 6.33. The van der Waals surface area contributed by atoms with Crippen molar-refractivity contribution in [2.24, 2.45) is 0 Å². The molecule has 1 aliphatic carbocycles. The molecule has 2 aromatic rings. The number of aromatic nitrogens is 4. The summed E-state index contributed by atoms with van der Waals surface area (Å²) in [5, 5.41) is 4.42. The molecule has 2 aromatic heterocycles. The van der Waals surface area contributed by atoms with Crippen LogP contribution in [0.15, 0.2) is 48.4 Å². The highest BCUT2D eigenvalue weighted by atomic mass is 35.5. The molecule has 0 amide bonds. The standard InChI is InChI=1S/C15H10Cl2N4O2/c16-13-12(14(17)21-15(20-13)18-8-19-21)11-7-22-10(6-23-11)9-4-2-1-3-5-9/h1-2,4,6-8H,3,5H2. The van der Waals surface area contributed by atoms with Gasteiger partial charge in [-0.2, -0.15) is 19.6 Å². The minimum Gasteiger partial charge on any atom is -0.458 e. The van der Waals surface area contributed by atoms with Crippen LogP contribution >= 0.6 is 23.2 Å². The first kappa shape index (κ1) is 14.3. The molecule has 0 spiro atoms. The Labute approximate surface area is 141 Å². The Morgan fingerprint density at radius 3 is 2.70 bits per heavy atom. The number of ether oxygens (including phenoxy) is 2. The molecule has 0 atom stereocenters. The molecule has 1 aliphatic heterocycles. The average molecular weight is 349 g/mol. The largest absolute Gasteiger partial charge is 0.458 e. The molecule has 4 rings (SSSR count). The maximum Gasteiger partial charge on any atom is 0.255 e. The highest BCUT2D eigenvalue weighted by Crippen LogP contribution is 2.34. The number of halogens is 2. The summed E-state index contributed by atoms with van der Waals surface area (Å²) in [6.45, 7) is 0. The molecule has 8 heteroatoms. The van der Waals surface area contributed by atoms with E-state index in [0.717, 1.165) is 18.4 Å². The van der Waals surface area contributed by atoms with E-state index in [1.807, 2.05) is 12.2 Å². The third kappa shape index (κ3) is 2.50. The van der Waals surface area contributed by atoms with Gasteiger partial charge in [-0.05, 0) is 18.4 Å². The molecule has 0 fully saturated rings. The predicted octanol–water partition coefficient (Wildman–Crippen LogP) is 3.89. The summed E-state index contributed by atoms with van der Waals surface area (Å²) in [5.41, 5.74) is 1.48. The van der Waals surface area contributed by atoms with Crippen molar-refractivity contribution in [2.45, 2.75) is 12.8 Å². The molecule has 0 radical (unpaired) electrons. The SMILES string of the molecule is Clc1nc2ncnn2c(Cl)c1C1=COC(C2=CC=CCC2)=CO1. The summed E-state index contributed by atoms with van der Waals surface area (Å²) in [6.07, 6.45) is 12.3. The topological polar surface area (TPSA) is 61.5 Å². The first-order valence-corrected chi connectivity index (χ1v) is 7.64. The van der Waals surface area contributed by atoms with Gasteiger partial charge in [-0.1, -0.05) is 41.4 Å². The quantitative estimate of drug-likeness (QED) is 0.770. The van der Waals surface area contributed by atoms with Gasteiger partial charge >= 0.3 is 0 Å². The fourth-order valence-electron chi connectivity index (χ4n) is 2.35. The average Bonchev–Trinajstić information content (AvgIpc) is 3.05. The van der Waals surface area contributed by atoms with E-state index in [2.05, 4.69) is 21.1 Å². The Morgan fingerprint density at radius 2 is 1.96 bits per heavy atom. The predicted molar refractivity (Wildman–Crippen MR) is 85.5 cm³/mol. The van der Waals surface area contributed by atoms with Crippen LogP contribution in [0.1, 0.15) is 18.4 Å². The Morgan fingerprint density at radius 1 is 1.13 bits per heavy atom. The van der Waals surface area contributed by atoms with E-state index in [1.165, 1.54) is 17.1 Å². The smallest absolute Gasteiger partial charge is 0.255 e. The number of hydrogen-bond donors (Lipinski definition) is 0. The minimum absolute atomic E-state index is 0.169. The van der Waals surface area contributed by atoms with Crippen LogP contribution in [0.2, 0.25) is 10.3 Å². The monoisotopic (exact) mass is 348 g/mol. The van der Waals surface area contributed by atoms with E-state index < -0.39 is 0 Å². The number of nitrogens with zero attached hydrogens (tertiary/aromatic N) is 4. The summed E-state index contributed by atoms with van der Waals surface area (Å²) in [4.78, 5) is 8.09. The van der Waals surface area contributed by atoms with Crippen molar-refractivity contribution in [1.82, 2.24) is 19.6 Å². The van der Waals surface area contributed by atoms with Crippen LogP contribution in [0, 0.1) is 0 Å². The Balaban J connectivity index is 1.67. The van der Waals surface area contributed by atoms with Gasteiger partial charge in [-0.3, -0.25) is 0 Å². The molecule has 0 bridgehead atoms. The van der Waals surface area contributed by atoms with Crippen LogP contribution in [0.5, 0.6) is 0 Å². The van der Waals surface area contributed by atoms with Crippen LogP contribution in [-0.4, -0.2) is 19.6 Å². The molecule has 116 valence electrons. The van der Waals surface area contributed by atoms with Crippen molar-refractivity contribution in [1.29, 1.82) is 0 Å². The van der Waals surface area contributed by atoms with Crippen molar-refractivity contribution < 1.29 is 9.47 Å². The first-order chi connectivity index (χ1) is 11.2. The van der Waals surface area contributed by atoms with E-state index in [4.69, 9.17) is 32.7 Å². The normalized spacial score (nSPS) is 17.2. The second kappa shape index (κ2) is 5.72. The van der Waals surface area contributed by atoms with Crippen LogP contribution in [0.3, 0.4) is 0 Å². The van der Waals surface area contributed by atoms with Gasteiger partial charge in [-0.15, -0.1) is 0 Å². The van der Waals surface area contributed by atoms with Crippen molar-refractivity contribution in [3.8, 4) is 0 Å². The molecule has 2 aliphatic rings. The number of fused-ring (bicyclic) bond motifs is 1. The molecular formula is C15H10Cl2N4O2. The zero-order valence-electron chi connectivity index (χ0n) is 11.7. The highest BCUT2D eigenvalue weighted by molar-refractivity contribution is 6.36. The van der Waals surface area contributed by atoms with E-state index in [9.17, 15) is 0 Å². The lowest BCUT2D eigenvalue weighted by atomic mass is 10.0. The van der Waals surface area contributed by atoms with Gasteiger partial charge in [0.05, 0.1) is 5.56 Å². The molecule has 0 unspecified atom stereocenters. The van der Waals surface area contributed by atoms with Gasteiger partial charge in [-0.25, -0.2) is 0 Å². The van der Waals surface area contributed by atoms with Gasteiger partial charge < -0.3 is 9.47 Å². The fraction of sp³-hybridized carbons (Fsp3) is 0.133. The van der Waals surface area contributed by atoms with Crippen molar-refractivity contribution in [2.75, 3.05) is 0 Å². The zero-order chi connectivity index (χ0) is 15.8. The van der Waals surface area contributed by atoms with Crippen LogP contribution in [0.4, 0.5) is 0 Å². The lowest BCUT2D eigenvalue weighted by Crippen LogP contribution is -2.05. The second-order valence-corrected chi connectivity index (χ2v) is 5.61. The third-order valence-electron chi connectivity index (χ3n) is 3.49. The van der Waals surface area contributed by atoms with E-state index in [1.54, 1.807) is 6.26 Å². The van der Waals surface area contributed by atoms with Crippen molar-refractivity contribution in [3.05, 3.63) is 64.3 Å². The van der Waals surface area contributed by atoms with Gasteiger partial charge in [0, 0.05) is 0 Å². The van der Waals surface area contributed by atoms with Crippen LogP contribution in [0.25, 0.3) is 11.5 Å². The Hall–Kier alpha value is -2.31. The highest BCUT2D eigenvalue weighted by Gasteiger charge is 2.22. The number of allylic oxidation sites excluding steroid dienone is 4. The molecule has 0 N–H and O–H groups in total. The minimum atomic E-state index is 0.169. The van der Waals surface area contributed by atoms with Gasteiger partial charge in [0.25, 0.3) is 5.78 Å². The molecule has 23 heavy (non-hydrogen) atoms. The number of hydrogen-bond acceptors (Lipinski definition) is 5. The molecule has 6 nitrogen and oxygen atoms in total. The second-order valence-electron chi connectivity index (χ2n) is 4.90. The lowest BCUT2D eigenvalue weighted by molar-refractivity contribution is 0.280. The van der Waals surface area contributed by atoms with E-state index >= 15 is 0 Å². The van der Waals surface area contributed by atoms with Crippen molar-refractivity contribution in [3.63, 3.8) is 0 Å². The fourth-order valence-corrected chi connectivity index (χ4v) is 2.96. The van der Waals surface area contributed by atoms with Gasteiger partial charge in [0.1, 0.15) is 29.2 Å². The maximum atomic E-state index is 6.33. The molecular weight excluding hydrogens is 339 g/mol. The molecule has 0 saturated heterocycles. The zero-order valence-corrected chi connectivity index (χ0v) is 13.3. The molecule has 0 aromatic carbocycles. The molecule has 0 saturated carbocycles. The van der Waals surface area contributed by atoms with E-state index in [0.29, 0.717) is 22.9 Å². The van der Waals surface area contributed by atoms with Crippen LogP contribution in [-0.2, 0) is 9.47 Å². The number of rotatable bonds is 2. The van der Waals surface area contributed by atoms with Gasteiger partial charge in [0.2, 0.25) is 0 Å². The summed E-state index contributed by atoms with van der Waals surface area (Å²) < 4.78 is 12.7. The van der Waals surface area contributed by atoms with Crippen LogP contribution < -0.4 is 0 Å². The van der Waals surface area contributed by atoms with Crippen molar-refractivity contribution >= 4 is 34.7 Å². The lowest BCUT2D eigenvalue weighted by Gasteiger charge is -2.19. The Bertz CT molecular complexity index is 912. The molecule has 3 heterocycles. The first-order valence-electron chi connectivity index (χ1n) is 6.89. The summed E-state index contributed by atoms with van der Waals surface area (Å²) >= 11 is 12.5. The van der Waals surface area contributed by atoms with Gasteiger partial charge in [0.15, 0.2) is 11.5 Å². The van der Waals surface area contributed by atoms with E-state index in [-0.39, 0.29) is 10.3 Å². The third-order valence-corrected chi connectivity index (χ3v) is 4.11. The Kier molecular flexibility index (Phi) is 3.55. The summed E-state index contributed by atoms with van der Waals surface area (Å²) in [6, 6.07) is 0. The summed E-state index contributed by atoms with van der Waals surface area (Å²) in [7, 11) is 0. The summed E-state index contributed by atoms with van der Waals surface area (Å²) in [5.74, 6) is 1.34.